The number of pyridine rings is 1. The SMILES string of the molecule is N#Cc1cccc2c(NCCC(=O)O)nccc12. The highest BCUT2D eigenvalue weighted by molar-refractivity contribution is 5.95. The van der Waals surface area contributed by atoms with Gasteiger partial charge in [-0.25, -0.2) is 4.98 Å². The smallest absolute Gasteiger partial charge is 0.305 e. The Morgan fingerprint density at radius 2 is 2.22 bits per heavy atom. The van der Waals surface area contributed by atoms with Crippen LogP contribution in [0.25, 0.3) is 10.8 Å². The number of aliphatic carboxylic acids is 1. The minimum Gasteiger partial charge on any atom is -0.481 e. The van der Waals surface area contributed by atoms with E-state index in [1.807, 2.05) is 6.07 Å². The lowest BCUT2D eigenvalue weighted by Gasteiger charge is -2.08. The van der Waals surface area contributed by atoms with Crippen molar-refractivity contribution in [3.05, 3.63) is 36.0 Å². The third-order valence-corrected chi connectivity index (χ3v) is 2.56. The van der Waals surface area contributed by atoms with Gasteiger partial charge in [0.05, 0.1) is 18.1 Å². The van der Waals surface area contributed by atoms with E-state index in [0.29, 0.717) is 17.9 Å². The molecular formula is C13H11N3O2. The van der Waals surface area contributed by atoms with Crippen LogP contribution >= 0.6 is 0 Å². The number of aromatic nitrogens is 1. The molecule has 0 bridgehead atoms. The molecule has 2 N–H and O–H groups in total. The fraction of sp³-hybridized carbons (Fsp3) is 0.154. The number of fused-ring (bicyclic) bond motifs is 1. The van der Waals surface area contributed by atoms with Crippen LogP contribution < -0.4 is 5.32 Å². The third-order valence-electron chi connectivity index (χ3n) is 2.56. The third kappa shape index (κ3) is 2.38. The Bertz CT molecular complexity index is 632. The molecule has 0 aliphatic carbocycles. The van der Waals surface area contributed by atoms with Crippen molar-refractivity contribution in [2.45, 2.75) is 6.42 Å². The van der Waals surface area contributed by atoms with Crippen LogP contribution in [0.4, 0.5) is 5.82 Å². The zero-order valence-corrected chi connectivity index (χ0v) is 9.55. The van der Waals surface area contributed by atoms with Gasteiger partial charge in [0.15, 0.2) is 0 Å². The first kappa shape index (κ1) is 11.9. The molecule has 1 heterocycles. The largest absolute Gasteiger partial charge is 0.481 e. The van der Waals surface area contributed by atoms with Crippen molar-refractivity contribution in [2.24, 2.45) is 0 Å². The monoisotopic (exact) mass is 241 g/mol. The molecule has 0 radical (unpaired) electrons. The molecule has 0 saturated carbocycles. The van der Waals surface area contributed by atoms with Crippen LogP contribution in [-0.2, 0) is 4.79 Å². The molecule has 0 aliphatic heterocycles. The molecular weight excluding hydrogens is 230 g/mol. The lowest BCUT2D eigenvalue weighted by Crippen LogP contribution is -2.08. The van der Waals surface area contributed by atoms with E-state index in [-0.39, 0.29) is 6.42 Å². The van der Waals surface area contributed by atoms with E-state index >= 15 is 0 Å². The highest BCUT2D eigenvalue weighted by Crippen LogP contribution is 2.23. The Morgan fingerprint density at radius 1 is 1.39 bits per heavy atom. The van der Waals surface area contributed by atoms with Crippen LogP contribution in [0.3, 0.4) is 0 Å². The van der Waals surface area contributed by atoms with E-state index in [1.54, 1.807) is 24.4 Å². The molecule has 0 unspecified atom stereocenters. The van der Waals surface area contributed by atoms with Crippen molar-refractivity contribution in [1.82, 2.24) is 4.98 Å². The van der Waals surface area contributed by atoms with Crippen molar-refractivity contribution in [2.75, 3.05) is 11.9 Å². The van der Waals surface area contributed by atoms with Crippen molar-refractivity contribution in [3.63, 3.8) is 0 Å². The molecule has 2 aromatic rings. The number of carbonyl (C=O) groups is 1. The Hall–Kier alpha value is -2.61. The number of carboxylic acids is 1. The van der Waals surface area contributed by atoms with Crippen molar-refractivity contribution in [1.29, 1.82) is 5.26 Å². The lowest BCUT2D eigenvalue weighted by atomic mass is 10.1. The average Bonchev–Trinajstić information content (AvgIpc) is 2.38. The van der Waals surface area contributed by atoms with Crippen LogP contribution in [0, 0.1) is 11.3 Å². The Kier molecular flexibility index (Phi) is 3.39. The van der Waals surface area contributed by atoms with Gasteiger partial charge in [0.2, 0.25) is 0 Å². The van der Waals surface area contributed by atoms with Gasteiger partial charge in [-0.2, -0.15) is 5.26 Å². The number of benzene rings is 1. The fourth-order valence-corrected chi connectivity index (χ4v) is 1.73. The van der Waals surface area contributed by atoms with Crippen LogP contribution in [0.15, 0.2) is 30.5 Å². The maximum Gasteiger partial charge on any atom is 0.305 e. The first-order chi connectivity index (χ1) is 8.72. The highest BCUT2D eigenvalue weighted by Gasteiger charge is 2.05. The van der Waals surface area contributed by atoms with Gasteiger partial charge in [-0.1, -0.05) is 12.1 Å². The molecule has 0 saturated heterocycles. The summed E-state index contributed by atoms with van der Waals surface area (Å²) >= 11 is 0. The molecule has 0 atom stereocenters. The quantitative estimate of drug-likeness (QED) is 0.854. The normalized spacial score (nSPS) is 9.94. The second kappa shape index (κ2) is 5.15. The van der Waals surface area contributed by atoms with E-state index in [0.717, 1.165) is 10.8 Å². The molecule has 0 spiro atoms. The summed E-state index contributed by atoms with van der Waals surface area (Å²) in [6.07, 6.45) is 1.63. The minimum absolute atomic E-state index is 0.0238. The number of nitrogens with zero attached hydrogens (tertiary/aromatic N) is 2. The topological polar surface area (TPSA) is 86.0 Å². The molecule has 1 aromatic carbocycles. The Balaban J connectivity index is 2.34. The van der Waals surface area contributed by atoms with Gasteiger partial charge in [0.1, 0.15) is 5.82 Å². The maximum atomic E-state index is 10.5. The second-order valence-electron chi connectivity index (χ2n) is 3.74. The summed E-state index contributed by atoms with van der Waals surface area (Å²) in [6, 6.07) is 9.27. The number of rotatable bonds is 4. The highest BCUT2D eigenvalue weighted by atomic mass is 16.4. The van der Waals surface area contributed by atoms with E-state index in [4.69, 9.17) is 10.4 Å². The second-order valence-corrected chi connectivity index (χ2v) is 3.74. The molecule has 5 nitrogen and oxygen atoms in total. The summed E-state index contributed by atoms with van der Waals surface area (Å²) in [5.74, 6) is -0.258. The van der Waals surface area contributed by atoms with Crippen molar-refractivity contribution in [3.8, 4) is 6.07 Å². The van der Waals surface area contributed by atoms with Gasteiger partial charge in [-0.3, -0.25) is 4.79 Å². The zero-order chi connectivity index (χ0) is 13.0. The number of nitriles is 1. The Morgan fingerprint density at radius 3 is 2.94 bits per heavy atom. The minimum atomic E-state index is -0.861. The van der Waals surface area contributed by atoms with Crippen LogP contribution in [0.5, 0.6) is 0 Å². The van der Waals surface area contributed by atoms with Gasteiger partial charge in [0.25, 0.3) is 0 Å². The van der Waals surface area contributed by atoms with Crippen molar-refractivity contribution >= 4 is 22.6 Å². The number of anilines is 1. The molecule has 5 heteroatoms. The predicted octanol–water partition coefficient (Wildman–Crippen LogP) is 1.99. The average molecular weight is 241 g/mol. The Labute approximate surface area is 104 Å². The lowest BCUT2D eigenvalue weighted by molar-refractivity contribution is -0.136. The summed E-state index contributed by atoms with van der Waals surface area (Å²) in [5.41, 5.74) is 0.580. The van der Waals surface area contributed by atoms with E-state index in [1.165, 1.54) is 0 Å². The fourth-order valence-electron chi connectivity index (χ4n) is 1.73. The zero-order valence-electron chi connectivity index (χ0n) is 9.55. The molecule has 1 aromatic heterocycles. The molecule has 90 valence electrons. The standard InChI is InChI=1S/C13H11N3O2/c14-8-9-2-1-3-11-10(9)4-6-15-13(11)16-7-5-12(17)18/h1-4,6H,5,7H2,(H,15,16)(H,17,18). The summed E-state index contributed by atoms with van der Waals surface area (Å²) in [7, 11) is 0. The maximum absolute atomic E-state index is 10.5. The first-order valence-corrected chi connectivity index (χ1v) is 5.46. The summed E-state index contributed by atoms with van der Waals surface area (Å²) < 4.78 is 0. The van der Waals surface area contributed by atoms with Crippen LogP contribution in [0.1, 0.15) is 12.0 Å². The van der Waals surface area contributed by atoms with Crippen LogP contribution in [-0.4, -0.2) is 22.6 Å². The first-order valence-electron chi connectivity index (χ1n) is 5.46. The van der Waals surface area contributed by atoms with E-state index in [9.17, 15) is 4.79 Å². The summed E-state index contributed by atoms with van der Waals surface area (Å²) in [6.45, 7) is 0.304. The van der Waals surface area contributed by atoms with Gasteiger partial charge < -0.3 is 10.4 Å². The molecule has 2 rings (SSSR count). The molecule has 0 fully saturated rings. The predicted molar refractivity (Wildman–Crippen MR) is 67.2 cm³/mol. The molecule has 0 amide bonds. The molecule has 0 aliphatic rings. The summed E-state index contributed by atoms with van der Waals surface area (Å²) in [4.78, 5) is 14.6. The van der Waals surface area contributed by atoms with Gasteiger partial charge >= 0.3 is 5.97 Å². The number of hydrogen-bond acceptors (Lipinski definition) is 4. The summed E-state index contributed by atoms with van der Waals surface area (Å²) in [5, 5.41) is 22.2. The number of nitrogens with one attached hydrogen (secondary N) is 1. The van der Waals surface area contributed by atoms with Gasteiger partial charge in [-0.05, 0) is 12.1 Å². The van der Waals surface area contributed by atoms with Gasteiger partial charge in [0, 0.05) is 23.5 Å². The van der Waals surface area contributed by atoms with Crippen molar-refractivity contribution < 1.29 is 9.90 Å². The van der Waals surface area contributed by atoms with Gasteiger partial charge in [-0.15, -0.1) is 0 Å². The van der Waals surface area contributed by atoms with Crippen LogP contribution in [0.2, 0.25) is 0 Å². The van der Waals surface area contributed by atoms with E-state index < -0.39 is 5.97 Å². The van der Waals surface area contributed by atoms with E-state index in [2.05, 4.69) is 16.4 Å². The number of carboxylic acid groups (broad SMARTS) is 1. The number of hydrogen-bond donors (Lipinski definition) is 2. The molecule has 18 heavy (non-hydrogen) atoms.